The highest BCUT2D eigenvalue weighted by Gasteiger charge is 2.29. The fourth-order valence-electron chi connectivity index (χ4n) is 4.11. The van der Waals surface area contributed by atoms with Crippen LogP contribution in [0.3, 0.4) is 0 Å². The first-order valence-electron chi connectivity index (χ1n) is 21.0. The Morgan fingerprint density at radius 2 is 1.41 bits per heavy atom. The zero-order valence-electron chi connectivity index (χ0n) is 38.5. The number of urea groups is 1. The Kier molecular flexibility index (Phi) is 59.5. The Morgan fingerprint density at radius 1 is 0.862 bits per heavy atom. The highest BCUT2D eigenvalue weighted by molar-refractivity contribution is 5.97. The molecule has 1 fully saturated rings. The molecule has 0 aliphatic carbocycles. The number of ether oxygens (including phenoxy) is 3. The van der Waals surface area contributed by atoms with E-state index in [1.165, 1.54) is 6.42 Å². The number of likely N-dealkylation sites (N-methyl/N-ethyl adjacent to an activating group) is 1. The van der Waals surface area contributed by atoms with Crippen molar-refractivity contribution in [3.63, 3.8) is 0 Å². The highest BCUT2D eigenvalue weighted by Crippen LogP contribution is 2.18. The van der Waals surface area contributed by atoms with E-state index in [0.29, 0.717) is 51.2 Å². The second kappa shape index (κ2) is 52.7. The number of hydrogen-bond acceptors (Lipinski definition) is 10. The molecule has 1 saturated heterocycles. The molecular weight excluding hydrogens is 751 g/mol. The van der Waals surface area contributed by atoms with Gasteiger partial charge in [0.15, 0.2) is 0 Å². The van der Waals surface area contributed by atoms with Crippen molar-refractivity contribution in [1.82, 2.24) is 20.9 Å². The van der Waals surface area contributed by atoms with Crippen LogP contribution < -0.4 is 27.0 Å². The Balaban J connectivity index is -0.000000231. The molecule has 0 spiro atoms. The largest absolute Gasteiger partial charge is 0.466 e. The van der Waals surface area contributed by atoms with Crippen LogP contribution >= 0.6 is 0 Å². The molecule has 15 nitrogen and oxygen atoms in total. The van der Waals surface area contributed by atoms with Crippen LogP contribution in [0.15, 0.2) is 24.3 Å². The smallest absolute Gasteiger partial charge is 0.312 e. The van der Waals surface area contributed by atoms with Gasteiger partial charge in [0, 0.05) is 37.8 Å². The summed E-state index contributed by atoms with van der Waals surface area (Å²) in [5.41, 5.74) is 6.26. The quantitative estimate of drug-likeness (QED) is 0.0677. The first-order chi connectivity index (χ1) is 28.0. The van der Waals surface area contributed by atoms with Gasteiger partial charge in [-0.3, -0.25) is 28.9 Å². The molecule has 16 heteroatoms. The molecule has 1 aliphatic rings. The molecule has 1 aromatic carbocycles. The molecule has 0 radical (unpaired) electrons. The van der Waals surface area contributed by atoms with Crippen LogP contribution in [0.4, 0.5) is 14.9 Å². The van der Waals surface area contributed by atoms with Crippen molar-refractivity contribution >= 4 is 42.4 Å². The first kappa shape index (κ1) is 65.5. The topological polar surface area (TPSA) is 207 Å². The summed E-state index contributed by atoms with van der Waals surface area (Å²) in [6.07, 6.45) is 2.54. The Labute approximate surface area is 350 Å². The van der Waals surface area contributed by atoms with Crippen LogP contribution in [-0.4, -0.2) is 106 Å². The molecular formula is C42H83FN6O9. The maximum Gasteiger partial charge on any atom is 0.312 e. The summed E-state index contributed by atoms with van der Waals surface area (Å²) in [6, 6.07) is 5.10. The number of benzene rings is 1. The van der Waals surface area contributed by atoms with Crippen molar-refractivity contribution in [3.05, 3.63) is 29.8 Å². The van der Waals surface area contributed by atoms with Crippen LogP contribution in [-0.2, 0) is 44.8 Å². The van der Waals surface area contributed by atoms with Gasteiger partial charge in [0.25, 0.3) is 12.9 Å². The third-order valence-electron chi connectivity index (χ3n) is 6.42. The van der Waals surface area contributed by atoms with Gasteiger partial charge in [-0.2, -0.15) is 0 Å². The van der Waals surface area contributed by atoms with Crippen LogP contribution in [0.5, 0.6) is 0 Å². The number of carbonyl (C=O) groups is 6. The summed E-state index contributed by atoms with van der Waals surface area (Å²) < 4.78 is 27.1. The van der Waals surface area contributed by atoms with Crippen LogP contribution in [0, 0.1) is 0 Å². The molecule has 0 saturated carbocycles. The summed E-state index contributed by atoms with van der Waals surface area (Å²) in [5.74, 6) is -1.34. The number of nitrogens with one attached hydrogen (secondary N) is 4. The molecule has 2 rings (SSSR count). The van der Waals surface area contributed by atoms with Gasteiger partial charge in [0.05, 0.1) is 13.2 Å². The van der Waals surface area contributed by atoms with E-state index in [1.54, 1.807) is 24.3 Å². The van der Waals surface area contributed by atoms with Gasteiger partial charge in [-0.05, 0) is 50.4 Å². The normalized spacial score (nSPS) is 13.4. The number of alkyl halides is 1. The SMILES string of the molecule is CC.CC.CC.CC.CC.CCC.CCCOCCC(=O)NCC(=O)NC(CCCNC(N)=O)C(=O)Nc1ccc(COC=O)cc1.CN1CC(F)CC1COC=O. The Hall–Kier alpha value is -4.31. The molecule has 0 bridgehead atoms. The number of nitrogens with two attached hydrogens (primary N) is 1. The lowest BCUT2D eigenvalue weighted by atomic mass is 10.1. The van der Waals surface area contributed by atoms with Crippen molar-refractivity contribution in [3.8, 4) is 0 Å². The third kappa shape index (κ3) is 42.8. The van der Waals surface area contributed by atoms with E-state index < -0.39 is 30.1 Å². The van der Waals surface area contributed by atoms with Crippen LogP contribution in [0.2, 0.25) is 0 Å². The second-order valence-electron chi connectivity index (χ2n) is 10.8. The maximum absolute atomic E-state index is 12.8. The molecule has 342 valence electrons. The molecule has 5 amide bonds. The van der Waals surface area contributed by atoms with Gasteiger partial charge in [-0.15, -0.1) is 0 Å². The summed E-state index contributed by atoms with van der Waals surface area (Å²) in [5, 5.41) is 10.2. The van der Waals surface area contributed by atoms with Crippen molar-refractivity contribution < 1.29 is 47.4 Å². The number of amides is 5. The average molecular weight is 835 g/mol. The van der Waals surface area contributed by atoms with Gasteiger partial charge in [0.2, 0.25) is 17.7 Å². The van der Waals surface area contributed by atoms with E-state index in [4.69, 9.17) is 10.5 Å². The summed E-state index contributed by atoms with van der Waals surface area (Å²) >= 11 is 0. The van der Waals surface area contributed by atoms with Crippen LogP contribution in [0.25, 0.3) is 0 Å². The van der Waals surface area contributed by atoms with E-state index in [9.17, 15) is 33.2 Å². The van der Waals surface area contributed by atoms with Crippen molar-refractivity contribution in [2.24, 2.45) is 5.73 Å². The van der Waals surface area contributed by atoms with E-state index in [1.807, 2.05) is 88.1 Å². The zero-order chi connectivity index (χ0) is 46.2. The van der Waals surface area contributed by atoms with Crippen molar-refractivity contribution in [1.29, 1.82) is 0 Å². The second-order valence-corrected chi connectivity index (χ2v) is 10.8. The number of primary amides is 1. The molecule has 1 aromatic rings. The van der Waals surface area contributed by atoms with E-state index in [2.05, 4.69) is 44.6 Å². The summed E-state index contributed by atoms with van der Waals surface area (Å²) in [7, 11) is 1.83. The maximum atomic E-state index is 12.8. The van der Waals surface area contributed by atoms with Gasteiger partial charge >= 0.3 is 6.03 Å². The minimum absolute atomic E-state index is 0.0650. The number of hydrogen-bond donors (Lipinski definition) is 5. The summed E-state index contributed by atoms with van der Waals surface area (Å²) in [4.78, 5) is 69.7. The number of nitrogens with zero attached hydrogens (tertiary/aromatic N) is 1. The zero-order valence-corrected chi connectivity index (χ0v) is 38.5. The first-order valence-corrected chi connectivity index (χ1v) is 21.0. The fraction of sp³-hybridized carbons (Fsp3) is 0.714. The van der Waals surface area contributed by atoms with Crippen LogP contribution in [0.1, 0.15) is 134 Å². The van der Waals surface area contributed by atoms with E-state index in [-0.39, 0.29) is 51.1 Å². The standard InChI is InChI=1S/C22H33N5O7.C7H12FNO2.C3H8.5C2H6/c1-2-11-33-12-9-19(29)25-13-20(30)27-18(4-3-10-24-22(23)32)21(31)26-17-7-5-16(6-8-17)14-34-15-28;1-9-3-6(8)2-7(9)4-11-5-10;1-3-2;5*1-2/h5-8,15,18H,2-4,9-14H2,1H3,(H,25,29)(H,26,31)(H,27,30)(H3,23,24,32);5-7H,2-4H2,1H3;3H2,1-2H3;5*1-2H3. The number of anilines is 1. The molecule has 1 aliphatic heterocycles. The molecule has 1 heterocycles. The Bertz CT molecular complexity index is 1090. The molecule has 0 aromatic heterocycles. The third-order valence-corrected chi connectivity index (χ3v) is 6.42. The minimum Gasteiger partial charge on any atom is -0.466 e. The molecule has 6 N–H and O–H groups in total. The summed E-state index contributed by atoms with van der Waals surface area (Å²) in [6.45, 7) is 28.6. The molecule has 58 heavy (non-hydrogen) atoms. The van der Waals surface area contributed by atoms with Crippen molar-refractivity contribution in [2.45, 2.75) is 153 Å². The fourth-order valence-corrected chi connectivity index (χ4v) is 4.11. The molecule has 3 atom stereocenters. The average Bonchev–Trinajstić information content (AvgIpc) is 3.58. The number of halogens is 1. The monoisotopic (exact) mass is 835 g/mol. The lowest BCUT2D eigenvalue weighted by Gasteiger charge is -2.19. The van der Waals surface area contributed by atoms with E-state index >= 15 is 0 Å². The lowest BCUT2D eigenvalue weighted by Crippen LogP contribution is -2.47. The predicted octanol–water partition coefficient (Wildman–Crippen LogP) is 6.91. The lowest BCUT2D eigenvalue weighted by molar-refractivity contribution is -0.130. The van der Waals surface area contributed by atoms with Gasteiger partial charge in [-0.25, -0.2) is 9.18 Å². The Morgan fingerprint density at radius 3 is 1.88 bits per heavy atom. The van der Waals surface area contributed by atoms with Gasteiger partial charge in [-0.1, -0.05) is 109 Å². The van der Waals surface area contributed by atoms with Crippen molar-refractivity contribution in [2.75, 3.05) is 51.8 Å². The van der Waals surface area contributed by atoms with Gasteiger partial charge in [0.1, 0.15) is 25.4 Å². The van der Waals surface area contributed by atoms with Gasteiger partial charge < -0.3 is 41.2 Å². The molecule has 3 unspecified atom stereocenters. The number of rotatable bonds is 20. The predicted molar refractivity (Wildman–Crippen MR) is 234 cm³/mol. The van der Waals surface area contributed by atoms with E-state index in [0.717, 1.165) is 12.0 Å². The number of carbonyl (C=O) groups excluding carboxylic acids is 6. The minimum atomic E-state index is -0.912. The number of likely N-dealkylation sites (tertiary alicyclic amines) is 1. The highest BCUT2D eigenvalue weighted by atomic mass is 19.1.